The highest BCUT2D eigenvalue weighted by atomic mass is 35.5. The van der Waals surface area contributed by atoms with Crippen LogP contribution in [0.25, 0.3) is 0 Å². The van der Waals surface area contributed by atoms with E-state index in [0.29, 0.717) is 18.9 Å². The van der Waals surface area contributed by atoms with Crippen LogP contribution >= 0.6 is 11.6 Å². The minimum Gasteiger partial charge on any atom is -0.384 e. The van der Waals surface area contributed by atoms with Crippen molar-refractivity contribution >= 4 is 17.4 Å². The van der Waals surface area contributed by atoms with Crippen molar-refractivity contribution < 1.29 is 9.84 Å². The summed E-state index contributed by atoms with van der Waals surface area (Å²) >= 11 is 5.93. The summed E-state index contributed by atoms with van der Waals surface area (Å²) in [4.78, 5) is 10.4. The van der Waals surface area contributed by atoms with Gasteiger partial charge in [-0.3, -0.25) is 0 Å². The minimum absolute atomic E-state index is 0.156. The number of hydrogen-bond acceptors (Lipinski definition) is 5. The maximum Gasteiger partial charge on any atom is 0.224 e. The van der Waals surface area contributed by atoms with E-state index in [0.717, 1.165) is 12.4 Å². The molecule has 1 saturated heterocycles. The lowest BCUT2D eigenvalue weighted by Gasteiger charge is -2.34. The quantitative estimate of drug-likeness (QED) is 0.828. The second kappa shape index (κ2) is 4.99. The fourth-order valence-corrected chi connectivity index (χ4v) is 2.11. The van der Waals surface area contributed by atoms with Crippen molar-refractivity contribution in [3.05, 3.63) is 17.0 Å². The van der Waals surface area contributed by atoms with Crippen LogP contribution in [-0.4, -0.2) is 40.9 Å². The molecular weight excluding hydrogens is 254 g/mol. The predicted octanol–water partition coefficient (Wildman–Crippen LogP) is 1.58. The zero-order chi connectivity index (χ0) is 13.3. The van der Waals surface area contributed by atoms with Crippen LogP contribution < -0.4 is 4.90 Å². The van der Waals surface area contributed by atoms with E-state index in [4.69, 9.17) is 16.3 Å². The Hall–Kier alpha value is -0.910. The monoisotopic (exact) mass is 271 g/mol. The summed E-state index contributed by atoms with van der Waals surface area (Å²) in [7, 11) is 0. The van der Waals surface area contributed by atoms with Gasteiger partial charge in [0.1, 0.15) is 11.4 Å². The fourth-order valence-electron chi connectivity index (χ4n) is 1.93. The van der Waals surface area contributed by atoms with Crippen molar-refractivity contribution in [3.8, 4) is 0 Å². The summed E-state index contributed by atoms with van der Waals surface area (Å²) in [6, 6.07) is 2.02. The molecule has 1 aliphatic heterocycles. The third-order valence-corrected chi connectivity index (χ3v) is 3.14. The number of halogens is 1. The molecule has 0 unspecified atom stereocenters. The molecular formula is C12H18ClN3O2. The Kier molecular flexibility index (Phi) is 3.75. The molecule has 1 aromatic heterocycles. The number of aromatic nitrogens is 2. The number of aliphatic hydroxyl groups is 1. The first-order valence-corrected chi connectivity index (χ1v) is 6.37. The Balaban J connectivity index is 2.35. The largest absolute Gasteiger partial charge is 0.384 e. The van der Waals surface area contributed by atoms with E-state index in [9.17, 15) is 5.11 Å². The summed E-state index contributed by atoms with van der Waals surface area (Å²) in [6.45, 7) is 7.53. The van der Waals surface area contributed by atoms with Crippen LogP contribution in [0, 0.1) is 0 Å². The summed E-state index contributed by atoms with van der Waals surface area (Å²) in [6.07, 6.45) is 0. The molecule has 18 heavy (non-hydrogen) atoms. The Morgan fingerprint density at radius 1 is 1.50 bits per heavy atom. The number of anilines is 1. The van der Waals surface area contributed by atoms with Gasteiger partial charge in [-0.15, -0.1) is 0 Å². The summed E-state index contributed by atoms with van der Waals surface area (Å²) in [5.41, 5.74) is -0.507. The van der Waals surface area contributed by atoms with Crippen LogP contribution in [-0.2, 0) is 10.3 Å². The number of nitrogens with zero attached hydrogens (tertiary/aromatic N) is 3. The molecule has 2 rings (SSSR count). The van der Waals surface area contributed by atoms with E-state index in [1.807, 2.05) is 0 Å². The van der Waals surface area contributed by atoms with E-state index >= 15 is 0 Å². The van der Waals surface area contributed by atoms with Crippen LogP contribution in [0.5, 0.6) is 0 Å². The molecule has 1 atom stereocenters. The van der Waals surface area contributed by atoms with Gasteiger partial charge in [0.05, 0.1) is 24.9 Å². The van der Waals surface area contributed by atoms with Gasteiger partial charge >= 0.3 is 0 Å². The molecule has 0 radical (unpaired) electrons. The minimum atomic E-state index is -1.03. The zero-order valence-corrected chi connectivity index (χ0v) is 11.6. The topological polar surface area (TPSA) is 58.5 Å². The lowest BCUT2D eigenvalue weighted by atomic mass is 10.1. The Morgan fingerprint density at radius 3 is 2.83 bits per heavy atom. The molecule has 6 heteroatoms. The Morgan fingerprint density at radius 2 is 2.22 bits per heavy atom. The average Bonchev–Trinajstić information content (AvgIpc) is 2.27. The van der Waals surface area contributed by atoms with E-state index in [2.05, 4.69) is 21.8 Å². The normalized spacial score (nSPS) is 21.2. The molecule has 0 saturated carbocycles. The van der Waals surface area contributed by atoms with Gasteiger partial charge in [-0.05, 0) is 32.4 Å². The summed E-state index contributed by atoms with van der Waals surface area (Å²) in [5.74, 6) is 0.739. The first kappa shape index (κ1) is 13.5. The molecule has 1 fully saturated rings. The van der Waals surface area contributed by atoms with Crippen molar-refractivity contribution in [3.63, 3.8) is 0 Å². The van der Waals surface area contributed by atoms with Gasteiger partial charge in [-0.2, -0.15) is 0 Å². The molecule has 1 aliphatic rings. The standard InChI is InChI=1S/C12H18ClN3O2/c1-8-7-18-5-4-16(8)10-6-9(12(2,3)17)14-11(13)15-10/h6,8,17H,4-5,7H2,1-3H3/t8-/m0/s1. The van der Waals surface area contributed by atoms with E-state index in [-0.39, 0.29) is 11.3 Å². The predicted molar refractivity (Wildman–Crippen MR) is 69.9 cm³/mol. The van der Waals surface area contributed by atoms with Crippen LogP contribution in [0.1, 0.15) is 26.5 Å². The van der Waals surface area contributed by atoms with E-state index in [1.165, 1.54) is 0 Å². The van der Waals surface area contributed by atoms with Crippen LogP contribution in [0.15, 0.2) is 6.07 Å². The highest BCUT2D eigenvalue weighted by Crippen LogP contribution is 2.25. The SMILES string of the molecule is C[C@H]1COCCN1c1cc(C(C)(C)O)nc(Cl)n1. The van der Waals surface area contributed by atoms with Crippen LogP contribution in [0.2, 0.25) is 5.28 Å². The number of morpholine rings is 1. The second-order valence-corrected chi connectivity index (χ2v) is 5.39. The smallest absolute Gasteiger partial charge is 0.224 e. The fraction of sp³-hybridized carbons (Fsp3) is 0.667. The lowest BCUT2D eigenvalue weighted by molar-refractivity contribution is 0.0735. The lowest BCUT2D eigenvalue weighted by Crippen LogP contribution is -2.44. The third kappa shape index (κ3) is 2.91. The zero-order valence-electron chi connectivity index (χ0n) is 10.9. The average molecular weight is 272 g/mol. The van der Waals surface area contributed by atoms with Gasteiger partial charge in [0.25, 0.3) is 0 Å². The van der Waals surface area contributed by atoms with Crippen molar-refractivity contribution in [2.75, 3.05) is 24.7 Å². The molecule has 100 valence electrons. The van der Waals surface area contributed by atoms with Crippen molar-refractivity contribution in [1.82, 2.24) is 9.97 Å². The number of ether oxygens (including phenoxy) is 1. The highest BCUT2D eigenvalue weighted by molar-refractivity contribution is 6.28. The molecule has 0 bridgehead atoms. The maximum absolute atomic E-state index is 10.0. The van der Waals surface area contributed by atoms with Crippen molar-refractivity contribution in [1.29, 1.82) is 0 Å². The van der Waals surface area contributed by atoms with Gasteiger partial charge in [-0.25, -0.2) is 9.97 Å². The van der Waals surface area contributed by atoms with E-state index in [1.54, 1.807) is 19.9 Å². The maximum atomic E-state index is 10.0. The molecule has 1 N–H and O–H groups in total. The Bertz CT molecular complexity index is 434. The molecule has 0 spiro atoms. The molecule has 1 aromatic rings. The van der Waals surface area contributed by atoms with E-state index < -0.39 is 5.60 Å². The molecule has 2 heterocycles. The van der Waals surface area contributed by atoms with Crippen LogP contribution in [0.4, 0.5) is 5.82 Å². The first-order chi connectivity index (χ1) is 8.38. The number of hydrogen-bond donors (Lipinski definition) is 1. The van der Waals surface area contributed by atoms with Gasteiger partial charge < -0.3 is 14.7 Å². The Labute approximate surface area is 112 Å². The highest BCUT2D eigenvalue weighted by Gasteiger charge is 2.25. The second-order valence-electron chi connectivity index (χ2n) is 5.06. The van der Waals surface area contributed by atoms with Crippen molar-refractivity contribution in [2.24, 2.45) is 0 Å². The molecule has 5 nitrogen and oxygen atoms in total. The van der Waals surface area contributed by atoms with Gasteiger partial charge in [0.2, 0.25) is 5.28 Å². The molecule has 0 amide bonds. The van der Waals surface area contributed by atoms with Gasteiger partial charge in [-0.1, -0.05) is 0 Å². The van der Waals surface area contributed by atoms with Crippen LogP contribution in [0.3, 0.4) is 0 Å². The van der Waals surface area contributed by atoms with Gasteiger partial charge in [0.15, 0.2) is 0 Å². The molecule has 0 aromatic carbocycles. The molecule has 0 aliphatic carbocycles. The first-order valence-electron chi connectivity index (χ1n) is 6.00. The summed E-state index contributed by atoms with van der Waals surface area (Å²) < 4.78 is 5.39. The third-order valence-electron chi connectivity index (χ3n) is 2.97. The van der Waals surface area contributed by atoms with Crippen molar-refractivity contribution in [2.45, 2.75) is 32.4 Å². The number of rotatable bonds is 2. The summed E-state index contributed by atoms with van der Waals surface area (Å²) in [5, 5.41) is 10.2. The van der Waals surface area contributed by atoms with Gasteiger partial charge in [0, 0.05) is 12.6 Å².